The van der Waals surface area contributed by atoms with E-state index in [1.54, 1.807) is 0 Å². The summed E-state index contributed by atoms with van der Waals surface area (Å²) in [4.78, 5) is 13.8. The summed E-state index contributed by atoms with van der Waals surface area (Å²) in [6.45, 7) is 7.63. The first kappa shape index (κ1) is 15.2. The molecule has 0 radical (unpaired) electrons. The van der Waals surface area contributed by atoms with E-state index in [1.807, 2.05) is 19.9 Å². The standard InChI is InChI=1S/C14H25NO3/c1-4-12(14(16)17-3)8-10-15-9-6-7-13(11-15)18-5-2/h8,13H,4-7,9-11H2,1-3H3. The molecular formula is C14H25NO3. The van der Waals surface area contributed by atoms with Gasteiger partial charge in [0, 0.05) is 25.3 Å². The Bertz CT molecular complexity index is 287. The molecule has 0 bridgehead atoms. The van der Waals surface area contributed by atoms with Crippen LogP contribution in [0.3, 0.4) is 0 Å². The molecule has 1 atom stereocenters. The highest BCUT2D eigenvalue weighted by molar-refractivity contribution is 5.88. The fourth-order valence-corrected chi connectivity index (χ4v) is 2.29. The highest BCUT2D eigenvalue weighted by Gasteiger charge is 2.19. The molecule has 0 amide bonds. The third-order valence-corrected chi connectivity index (χ3v) is 3.29. The summed E-state index contributed by atoms with van der Waals surface area (Å²) in [5.74, 6) is -0.212. The van der Waals surface area contributed by atoms with Crippen molar-refractivity contribution in [3.63, 3.8) is 0 Å². The van der Waals surface area contributed by atoms with Crippen LogP contribution in [0.4, 0.5) is 0 Å². The number of hydrogen-bond acceptors (Lipinski definition) is 4. The van der Waals surface area contributed by atoms with Crippen LogP contribution in [0.15, 0.2) is 11.6 Å². The highest BCUT2D eigenvalue weighted by atomic mass is 16.5. The summed E-state index contributed by atoms with van der Waals surface area (Å²) in [5, 5.41) is 0. The number of ether oxygens (including phenoxy) is 2. The van der Waals surface area contributed by atoms with Crippen LogP contribution in [-0.4, -0.2) is 50.3 Å². The molecule has 104 valence electrons. The summed E-state index contributed by atoms with van der Waals surface area (Å²) in [7, 11) is 1.43. The van der Waals surface area contributed by atoms with Crippen LogP contribution in [0.2, 0.25) is 0 Å². The molecule has 4 heteroatoms. The van der Waals surface area contributed by atoms with Gasteiger partial charge in [0.25, 0.3) is 0 Å². The largest absolute Gasteiger partial charge is 0.466 e. The van der Waals surface area contributed by atoms with Crippen molar-refractivity contribution in [2.45, 2.75) is 39.2 Å². The fraction of sp³-hybridized carbons (Fsp3) is 0.786. The Balaban J connectivity index is 2.45. The minimum Gasteiger partial charge on any atom is -0.466 e. The van der Waals surface area contributed by atoms with E-state index in [-0.39, 0.29) is 5.97 Å². The normalized spacial score (nSPS) is 21.9. The van der Waals surface area contributed by atoms with E-state index in [0.29, 0.717) is 6.10 Å². The lowest BCUT2D eigenvalue weighted by Crippen LogP contribution is -2.39. The van der Waals surface area contributed by atoms with Gasteiger partial charge >= 0.3 is 5.97 Å². The summed E-state index contributed by atoms with van der Waals surface area (Å²) in [6, 6.07) is 0. The number of esters is 1. The molecule has 18 heavy (non-hydrogen) atoms. The molecule has 0 aromatic rings. The first-order valence-corrected chi connectivity index (χ1v) is 6.82. The SMILES string of the molecule is CCOC1CCCN(CC=C(CC)C(=O)OC)C1. The van der Waals surface area contributed by atoms with Crippen LogP contribution < -0.4 is 0 Å². The number of likely N-dealkylation sites (tertiary alicyclic amines) is 1. The topological polar surface area (TPSA) is 38.8 Å². The molecule has 0 saturated carbocycles. The zero-order valence-electron chi connectivity index (χ0n) is 11.8. The van der Waals surface area contributed by atoms with Gasteiger partial charge in [-0.3, -0.25) is 4.90 Å². The van der Waals surface area contributed by atoms with Gasteiger partial charge in [-0.25, -0.2) is 4.79 Å². The summed E-state index contributed by atoms with van der Waals surface area (Å²) in [6.07, 6.45) is 5.36. The maximum atomic E-state index is 11.4. The van der Waals surface area contributed by atoms with E-state index in [2.05, 4.69) is 4.90 Å². The van der Waals surface area contributed by atoms with Gasteiger partial charge in [-0.05, 0) is 32.7 Å². The fourth-order valence-electron chi connectivity index (χ4n) is 2.29. The first-order chi connectivity index (χ1) is 8.71. The van der Waals surface area contributed by atoms with Crippen molar-refractivity contribution in [2.75, 3.05) is 33.4 Å². The van der Waals surface area contributed by atoms with Crippen molar-refractivity contribution in [1.29, 1.82) is 0 Å². The molecule has 0 aromatic carbocycles. The maximum absolute atomic E-state index is 11.4. The molecule has 1 rings (SSSR count). The first-order valence-electron chi connectivity index (χ1n) is 6.82. The number of carbonyl (C=O) groups excluding carboxylic acids is 1. The second-order valence-corrected chi connectivity index (χ2v) is 4.55. The van der Waals surface area contributed by atoms with Crippen LogP contribution in [0, 0.1) is 0 Å². The van der Waals surface area contributed by atoms with Crippen LogP contribution in [0.1, 0.15) is 33.1 Å². The molecule has 0 aliphatic carbocycles. The predicted molar refractivity (Wildman–Crippen MR) is 71.5 cm³/mol. The lowest BCUT2D eigenvalue weighted by Gasteiger charge is -2.31. The average molecular weight is 255 g/mol. The molecule has 0 aromatic heterocycles. The third-order valence-electron chi connectivity index (χ3n) is 3.29. The van der Waals surface area contributed by atoms with Crippen molar-refractivity contribution < 1.29 is 14.3 Å². The lowest BCUT2D eigenvalue weighted by molar-refractivity contribution is -0.136. The Kier molecular flexibility index (Phi) is 6.98. The van der Waals surface area contributed by atoms with E-state index in [1.165, 1.54) is 7.11 Å². The van der Waals surface area contributed by atoms with E-state index in [4.69, 9.17) is 9.47 Å². The van der Waals surface area contributed by atoms with Crippen molar-refractivity contribution in [3.8, 4) is 0 Å². The number of piperidine rings is 1. The van der Waals surface area contributed by atoms with Gasteiger partial charge in [0.05, 0.1) is 13.2 Å². The summed E-state index contributed by atoms with van der Waals surface area (Å²) in [5.41, 5.74) is 0.760. The van der Waals surface area contributed by atoms with Crippen molar-refractivity contribution in [1.82, 2.24) is 4.90 Å². The van der Waals surface area contributed by atoms with Crippen LogP contribution in [0.5, 0.6) is 0 Å². The zero-order valence-corrected chi connectivity index (χ0v) is 11.8. The molecule has 1 aliphatic rings. The number of rotatable bonds is 6. The summed E-state index contributed by atoms with van der Waals surface area (Å²) >= 11 is 0. The van der Waals surface area contributed by atoms with Gasteiger partial charge in [0.15, 0.2) is 0 Å². The molecular weight excluding hydrogens is 230 g/mol. The Hall–Kier alpha value is -0.870. The molecule has 0 N–H and O–H groups in total. The van der Waals surface area contributed by atoms with Gasteiger partial charge in [-0.15, -0.1) is 0 Å². The van der Waals surface area contributed by atoms with Gasteiger partial charge in [-0.2, -0.15) is 0 Å². The number of nitrogens with zero attached hydrogens (tertiary/aromatic N) is 1. The van der Waals surface area contributed by atoms with E-state index in [0.717, 1.165) is 51.1 Å². The van der Waals surface area contributed by atoms with E-state index in [9.17, 15) is 4.79 Å². The number of carbonyl (C=O) groups is 1. The monoisotopic (exact) mass is 255 g/mol. The number of hydrogen-bond donors (Lipinski definition) is 0. The quantitative estimate of drug-likeness (QED) is 0.537. The number of methoxy groups -OCH3 is 1. The lowest BCUT2D eigenvalue weighted by atomic mass is 10.1. The minimum atomic E-state index is -0.212. The maximum Gasteiger partial charge on any atom is 0.333 e. The molecule has 1 aliphatic heterocycles. The molecule has 1 fully saturated rings. The molecule has 1 heterocycles. The second kappa shape index (κ2) is 8.27. The van der Waals surface area contributed by atoms with Crippen LogP contribution in [0.25, 0.3) is 0 Å². The van der Waals surface area contributed by atoms with Crippen molar-refractivity contribution in [3.05, 3.63) is 11.6 Å². The smallest absolute Gasteiger partial charge is 0.333 e. The molecule has 1 saturated heterocycles. The Morgan fingerprint density at radius 3 is 2.83 bits per heavy atom. The Morgan fingerprint density at radius 1 is 1.44 bits per heavy atom. The van der Waals surface area contributed by atoms with Gasteiger partial charge < -0.3 is 9.47 Å². The van der Waals surface area contributed by atoms with E-state index >= 15 is 0 Å². The molecule has 1 unspecified atom stereocenters. The van der Waals surface area contributed by atoms with Crippen LogP contribution >= 0.6 is 0 Å². The van der Waals surface area contributed by atoms with Gasteiger partial charge in [0.1, 0.15) is 0 Å². The van der Waals surface area contributed by atoms with Gasteiger partial charge in [0.2, 0.25) is 0 Å². The third kappa shape index (κ3) is 4.78. The van der Waals surface area contributed by atoms with Crippen molar-refractivity contribution >= 4 is 5.97 Å². The molecule has 4 nitrogen and oxygen atoms in total. The Morgan fingerprint density at radius 2 is 2.22 bits per heavy atom. The second-order valence-electron chi connectivity index (χ2n) is 4.55. The van der Waals surface area contributed by atoms with E-state index < -0.39 is 0 Å². The highest BCUT2D eigenvalue weighted by Crippen LogP contribution is 2.13. The predicted octanol–water partition coefficient (Wildman–Crippen LogP) is 2.00. The average Bonchev–Trinajstić information content (AvgIpc) is 2.40. The van der Waals surface area contributed by atoms with Gasteiger partial charge in [-0.1, -0.05) is 13.0 Å². The summed E-state index contributed by atoms with van der Waals surface area (Å²) < 4.78 is 10.4. The van der Waals surface area contributed by atoms with Crippen LogP contribution in [-0.2, 0) is 14.3 Å². The molecule has 0 spiro atoms. The Labute approximate surface area is 110 Å². The minimum absolute atomic E-state index is 0.212. The van der Waals surface area contributed by atoms with Crippen molar-refractivity contribution in [2.24, 2.45) is 0 Å². The zero-order chi connectivity index (χ0) is 13.4.